The van der Waals surface area contributed by atoms with Gasteiger partial charge in [-0.05, 0) is 25.0 Å². The van der Waals surface area contributed by atoms with Crippen LogP contribution in [0.25, 0.3) is 10.9 Å². The van der Waals surface area contributed by atoms with Crippen LogP contribution in [0.1, 0.15) is 17.0 Å². The van der Waals surface area contributed by atoms with Crippen molar-refractivity contribution in [3.63, 3.8) is 0 Å². The number of rotatable bonds is 7. The maximum Gasteiger partial charge on any atom is 0.234 e. The van der Waals surface area contributed by atoms with Crippen LogP contribution in [0.3, 0.4) is 0 Å². The highest BCUT2D eigenvalue weighted by Crippen LogP contribution is 2.17. The predicted octanol–water partition coefficient (Wildman–Crippen LogP) is 1.94. The molecule has 28 heavy (non-hydrogen) atoms. The summed E-state index contributed by atoms with van der Waals surface area (Å²) < 4.78 is 5.29. The third-order valence-corrected chi connectivity index (χ3v) is 5.28. The van der Waals surface area contributed by atoms with Gasteiger partial charge in [-0.3, -0.25) is 14.6 Å². The van der Waals surface area contributed by atoms with Crippen LogP contribution < -0.4 is 5.32 Å². The van der Waals surface area contributed by atoms with E-state index in [0.717, 1.165) is 56.1 Å². The molecule has 0 saturated carbocycles. The number of hydrogen-bond donors (Lipinski definition) is 2. The quantitative estimate of drug-likeness (QED) is 0.654. The molecular formula is C21H27N5O2. The number of fused-ring (bicyclic) bond motifs is 1. The summed E-state index contributed by atoms with van der Waals surface area (Å²) in [5.41, 5.74) is 3.30. The number of aromatic amines is 1. The molecule has 7 nitrogen and oxygen atoms in total. The summed E-state index contributed by atoms with van der Waals surface area (Å²) in [6, 6.07) is 10.2. The van der Waals surface area contributed by atoms with Crippen molar-refractivity contribution < 1.29 is 9.32 Å². The molecule has 0 bridgehead atoms. The highest BCUT2D eigenvalue weighted by molar-refractivity contribution is 5.83. The van der Waals surface area contributed by atoms with Crippen LogP contribution in [0.15, 0.2) is 41.1 Å². The minimum absolute atomic E-state index is 0.0964. The summed E-state index contributed by atoms with van der Waals surface area (Å²) in [5.74, 6) is 1.00. The third kappa shape index (κ3) is 4.61. The highest BCUT2D eigenvalue weighted by Gasteiger charge is 2.20. The zero-order valence-corrected chi connectivity index (χ0v) is 16.3. The van der Waals surface area contributed by atoms with E-state index >= 15 is 0 Å². The summed E-state index contributed by atoms with van der Waals surface area (Å²) in [4.78, 5) is 20.1. The molecule has 1 aliphatic heterocycles. The van der Waals surface area contributed by atoms with Gasteiger partial charge in [0.2, 0.25) is 5.91 Å². The number of para-hydroxylation sites is 1. The van der Waals surface area contributed by atoms with E-state index in [9.17, 15) is 4.79 Å². The van der Waals surface area contributed by atoms with Gasteiger partial charge in [0, 0.05) is 55.9 Å². The summed E-state index contributed by atoms with van der Waals surface area (Å²) in [7, 11) is 0. The van der Waals surface area contributed by atoms with Crippen molar-refractivity contribution in [1.82, 2.24) is 25.3 Å². The zero-order valence-electron chi connectivity index (χ0n) is 16.3. The van der Waals surface area contributed by atoms with E-state index in [1.165, 1.54) is 10.9 Å². The molecule has 7 heteroatoms. The summed E-state index contributed by atoms with van der Waals surface area (Å²) in [6.45, 7) is 7.49. The molecule has 1 amide bonds. The lowest BCUT2D eigenvalue weighted by Gasteiger charge is -2.33. The molecular weight excluding hydrogens is 354 g/mol. The Morgan fingerprint density at radius 3 is 2.79 bits per heavy atom. The van der Waals surface area contributed by atoms with Gasteiger partial charge < -0.3 is 14.8 Å². The highest BCUT2D eigenvalue weighted by atomic mass is 16.5. The van der Waals surface area contributed by atoms with Crippen molar-refractivity contribution in [2.75, 3.05) is 39.3 Å². The molecule has 1 aliphatic rings. The van der Waals surface area contributed by atoms with Crippen LogP contribution in [-0.4, -0.2) is 65.1 Å². The van der Waals surface area contributed by atoms with Gasteiger partial charge >= 0.3 is 0 Å². The van der Waals surface area contributed by atoms with Crippen LogP contribution in [0.2, 0.25) is 0 Å². The average Bonchev–Trinajstić information content (AvgIpc) is 3.30. The Morgan fingerprint density at radius 2 is 2.00 bits per heavy atom. The SMILES string of the molecule is Cc1cc(CN2CCN(CC(=O)NCCc3c[nH]c4ccccc34)CC2)on1. The van der Waals surface area contributed by atoms with E-state index in [1.807, 2.05) is 31.3 Å². The number of carbonyl (C=O) groups excluding carboxylic acids is 1. The van der Waals surface area contributed by atoms with Crippen LogP contribution in [0.4, 0.5) is 0 Å². The molecule has 1 aromatic carbocycles. The van der Waals surface area contributed by atoms with Crippen molar-refractivity contribution in [3.05, 3.63) is 53.5 Å². The normalized spacial score (nSPS) is 15.9. The first kappa shape index (κ1) is 18.7. The summed E-state index contributed by atoms with van der Waals surface area (Å²) in [6.07, 6.45) is 2.87. The van der Waals surface area contributed by atoms with E-state index in [0.29, 0.717) is 13.1 Å². The number of carbonyl (C=O) groups is 1. The molecule has 0 atom stereocenters. The van der Waals surface area contributed by atoms with Crippen LogP contribution in [-0.2, 0) is 17.8 Å². The molecule has 3 aromatic rings. The largest absolute Gasteiger partial charge is 0.361 e. The fourth-order valence-corrected chi connectivity index (χ4v) is 3.75. The van der Waals surface area contributed by atoms with E-state index in [1.54, 1.807) is 0 Å². The van der Waals surface area contributed by atoms with E-state index < -0.39 is 0 Å². The maximum atomic E-state index is 12.3. The standard InChI is InChI=1S/C21H27N5O2/c1-16-12-18(28-24-16)14-25-8-10-26(11-9-25)15-21(27)22-7-6-17-13-23-20-5-3-2-4-19(17)20/h2-5,12-13,23H,6-11,14-15H2,1H3,(H,22,27). The first-order valence-electron chi connectivity index (χ1n) is 9.86. The fourth-order valence-electron chi connectivity index (χ4n) is 3.75. The number of aryl methyl sites for hydroxylation is 1. The van der Waals surface area contributed by atoms with E-state index in [2.05, 4.69) is 37.4 Å². The Balaban J connectivity index is 1.16. The maximum absolute atomic E-state index is 12.3. The lowest BCUT2D eigenvalue weighted by atomic mass is 10.1. The van der Waals surface area contributed by atoms with Gasteiger partial charge in [0.15, 0.2) is 5.76 Å². The monoisotopic (exact) mass is 381 g/mol. The lowest BCUT2D eigenvalue weighted by Crippen LogP contribution is -2.49. The van der Waals surface area contributed by atoms with Gasteiger partial charge in [0.1, 0.15) is 0 Å². The minimum Gasteiger partial charge on any atom is -0.361 e. The van der Waals surface area contributed by atoms with E-state index in [-0.39, 0.29) is 5.91 Å². The number of piperazine rings is 1. The number of benzene rings is 1. The van der Waals surface area contributed by atoms with Crippen molar-refractivity contribution in [2.24, 2.45) is 0 Å². The van der Waals surface area contributed by atoms with Gasteiger partial charge in [-0.15, -0.1) is 0 Å². The fraction of sp³-hybridized carbons (Fsp3) is 0.429. The first-order valence-corrected chi connectivity index (χ1v) is 9.86. The number of aromatic nitrogens is 2. The second-order valence-electron chi connectivity index (χ2n) is 7.45. The molecule has 148 valence electrons. The molecule has 2 aromatic heterocycles. The topological polar surface area (TPSA) is 77.4 Å². The molecule has 0 unspecified atom stereocenters. The first-order chi connectivity index (χ1) is 13.7. The number of H-pyrrole nitrogens is 1. The molecule has 4 rings (SSSR count). The zero-order chi connectivity index (χ0) is 19.3. The second kappa shape index (κ2) is 8.58. The van der Waals surface area contributed by atoms with Gasteiger partial charge in [-0.25, -0.2) is 0 Å². The van der Waals surface area contributed by atoms with Gasteiger partial charge in [-0.1, -0.05) is 23.4 Å². The average molecular weight is 381 g/mol. The summed E-state index contributed by atoms with van der Waals surface area (Å²) >= 11 is 0. The number of amides is 1. The third-order valence-electron chi connectivity index (χ3n) is 5.28. The van der Waals surface area contributed by atoms with Crippen molar-refractivity contribution >= 4 is 16.8 Å². The molecule has 0 radical (unpaired) electrons. The molecule has 2 N–H and O–H groups in total. The summed E-state index contributed by atoms with van der Waals surface area (Å²) in [5, 5.41) is 8.22. The van der Waals surface area contributed by atoms with E-state index in [4.69, 9.17) is 4.52 Å². The Kier molecular flexibility index (Phi) is 5.73. The molecule has 0 spiro atoms. The van der Waals surface area contributed by atoms with Crippen molar-refractivity contribution in [2.45, 2.75) is 19.9 Å². The smallest absolute Gasteiger partial charge is 0.234 e. The Labute approximate surface area is 164 Å². The van der Waals surface area contributed by atoms with Crippen molar-refractivity contribution in [1.29, 1.82) is 0 Å². The second-order valence-corrected chi connectivity index (χ2v) is 7.45. The Hall–Kier alpha value is -2.64. The van der Waals surface area contributed by atoms with Crippen LogP contribution in [0.5, 0.6) is 0 Å². The van der Waals surface area contributed by atoms with Gasteiger partial charge in [0.05, 0.1) is 18.8 Å². The van der Waals surface area contributed by atoms with Gasteiger partial charge in [0.25, 0.3) is 0 Å². The van der Waals surface area contributed by atoms with Gasteiger partial charge in [-0.2, -0.15) is 0 Å². The number of nitrogens with zero attached hydrogens (tertiary/aromatic N) is 3. The van der Waals surface area contributed by atoms with Crippen LogP contribution in [0, 0.1) is 6.92 Å². The minimum atomic E-state index is 0.0964. The van der Waals surface area contributed by atoms with Crippen LogP contribution >= 0.6 is 0 Å². The molecule has 3 heterocycles. The molecule has 1 saturated heterocycles. The van der Waals surface area contributed by atoms with Crippen molar-refractivity contribution in [3.8, 4) is 0 Å². The Bertz CT molecular complexity index is 924. The lowest BCUT2D eigenvalue weighted by molar-refractivity contribution is -0.122. The molecule has 1 fully saturated rings. The number of nitrogens with one attached hydrogen (secondary N) is 2. The Morgan fingerprint density at radius 1 is 1.21 bits per heavy atom. The molecule has 0 aliphatic carbocycles. The predicted molar refractivity (Wildman–Crippen MR) is 108 cm³/mol. The number of hydrogen-bond acceptors (Lipinski definition) is 5.